The highest BCUT2D eigenvalue weighted by molar-refractivity contribution is 5.02. The average Bonchev–Trinajstić information content (AvgIpc) is 3.53. The normalized spacial score (nSPS) is 13.1. The van der Waals surface area contributed by atoms with Crippen LogP contribution in [0.5, 0.6) is 0 Å². The summed E-state index contributed by atoms with van der Waals surface area (Å²) >= 11 is 0. The van der Waals surface area contributed by atoms with Crippen LogP contribution in [-0.4, -0.2) is 9.55 Å². The highest BCUT2D eigenvalue weighted by Gasteiger charge is 2.19. The number of hydrogen-bond donors (Lipinski definition) is 0. The zero-order valence-corrected chi connectivity index (χ0v) is 31.0. The summed E-state index contributed by atoms with van der Waals surface area (Å²) in [6, 6.07) is 0.588. The van der Waals surface area contributed by atoms with Gasteiger partial charge in [-0.25, -0.2) is 4.98 Å². The molecule has 0 spiro atoms. The lowest BCUT2D eigenvalue weighted by Gasteiger charge is -2.22. The Balaban J connectivity index is 2.39. The van der Waals surface area contributed by atoms with E-state index in [1.165, 1.54) is 218 Å². The van der Waals surface area contributed by atoms with Gasteiger partial charge < -0.3 is 4.57 Å². The molecule has 2 unspecified atom stereocenters. The molecule has 1 aromatic rings. The quantitative estimate of drug-likeness (QED) is 0.0695. The molecule has 0 amide bonds. The van der Waals surface area contributed by atoms with E-state index >= 15 is 0 Å². The summed E-state index contributed by atoms with van der Waals surface area (Å²) in [6.45, 7) is 9.39. The van der Waals surface area contributed by atoms with E-state index in [0.29, 0.717) is 12.0 Å². The van der Waals surface area contributed by atoms with Crippen molar-refractivity contribution in [2.24, 2.45) is 0 Å². The second-order valence-electron chi connectivity index (χ2n) is 14.7. The van der Waals surface area contributed by atoms with Crippen LogP contribution >= 0.6 is 0 Å². The first-order valence-electron chi connectivity index (χ1n) is 20.8. The van der Waals surface area contributed by atoms with Crippen molar-refractivity contribution in [1.82, 2.24) is 9.55 Å². The van der Waals surface area contributed by atoms with Crippen molar-refractivity contribution in [2.45, 2.75) is 252 Å². The van der Waals surface area contributed by atoms with Crippen LogP contribution in [0.4, 0.5) is 0 Å². The van der Waals surface area contributed by atoms with Gasteiger partial charge in [0.2, 0.25) is 0 Å². The van der Waals surface area contributed by atoms with Gasteiger partial charge in [-0.05, 0) is 26.2 Å². The summed E-state index contributed by atoms with van der Waals surface area (Å²) in [7, 11) is 0. The maximum atomic E-state index is 5.02. The largest absolute Gasteiger partial charge is 0.332 e. The Labute approximate surface area is 278 Å². The lowest BCUT2D eigenvalue weighted by atomic mass is 9.92. The molecular formula is C42H82N2. The lowest BCUT2D eigenvalue weighted by Crippen LogP contribution is -2.13. The second kappa shape index (κ2) is 32.2. The Bertz CT molecular complexity index is 679. The molecule has 0 fully saturated rings. The third-order valence-electron chi connectivity index (χ3n) is 10.3. The minimum Gasteiger partial charge on any atom is -0.332 e. The molecule has 0 N–H and O–H groups in total. The monoisotopic (exact) mass is 615 g/mol. The Morgan fingerprint density at radius 3 is 1.07 bits per heavy atom. The maximum Gasteiger partial charge on any atom is 0.111 e. The van der Waals surface area contributed by atoms with Crippen molar-refractivity contribution >= 4 is 0 Å². The fourth-order valence-electron chi connectivity index (χ4n) is 7.24. The zero-order chi connectivity index (χ0) is 31.8. The third kappa shape index (κ3) is 23.5. The van der Waals surface area contributed by atoms with Gasteiger partial charge in [-0.15, -0.1) is 0 Å². The molecule has 44 heavy (non-hydrogen) atoms. The van der Waals surface area contributed by atoms with Crippen molar-refractivity contribution in [3.05, 3.63) is 18.2 Å². The molecule has 0 aliphatic rings. The Morgan fingerprint density at radius 1 is 0.432 bits per heavy atom. The first kappa shape index (κ1) is 41.2. The molecule has 0 saturated carbocycles. The van der Waals surface area contributed by atoms with Gasteiger partial charge >= 0.3 is 0 Å². The Hall–Kier alpha value is -0.790. The van der Waals surface area contributed by atoms with E-state index in [0.717, 1.165) is 0 Å². The average molecular weight is 615 g/mol. The molecular weight excluding hydrogens is 532 g/mol. The van der Waals surface area contributed by atoms with Gasteiger partial charge in [0.1, 0.15) is 5.82 Å². The molecule has 0 radical (unpaired) electrons. The van der Waals surface area contributed by atoms with Gasteiger partial charge in [0.05, 0.1) is 0 Å². The molecule has 2 atom stereocenters. The fraction of sp³-hybridized carbons (Fsp3) is 0.929. The second-order valence-corrected chi connectivity index (χ2v) is 14.7. The van der Waals surface area contributed by atoms with E-state index in [9.17, 15) is 0 Å². The predicted molar refractivity (Wildman–Crippen MR) is 199 cm³/mol. The third-order valence-corrected chi connectivity index (χ3v) is 10.3. The number of imidazole rings is 1. The minimum atomic E-state index is 0.588. The SMILES string of the molecule is CCCCCCCCCCCCCCCC(CCCCCCCCCCCCC)c1nccn1C(C)CCCCCCCC. The smallest absolute Gasteiger partial charge is 0.111 e. The summed E-state index contributed by atoms with van der Waals surface area (Å²) in [5.41, 5.74) is 0. The van der Waals surface area contributed by atoms with Crippen LogP contribution in [0.25, 0.3) is 0 Å². The van der Waals surface area contributed by atoms with Crippen molar-refractivity contribution < 1.29 is 0 Å². The fourth-order valence-corrected chi connectivity index (χ4v) is 7.24. The highest BCUT2D eigenvalue weighted by Crippen LogP contribution is 2.31. The molecule has 0 aliphatic carbocycles. The summed E-state index contributed by atoms with van der Waals surface area (Å²) in [5, 5.41) is 0. The molecule has 0 aliphatic heterocycles. The van der Waals surface area contributed by atoms with Crippen molar-refractivity contribution in [3.63, 3.8) is 0 Å². The van der Waals surface area contributed by atoms with E-state index in [1.807, 2.05) is 0 Å². The van der Waals surface area contributed by atoms with Gasteiger partial charge in [0, 0.05) is 24.4 Å². The first-order valence-corrected chi connectivity index (χ1v) is 20.8. The van der Waals surface area contributed by atoms with Crippen molar-refractivity contribution in [1.29, 1.82) is 0 Å². The van der Waals surface area contributed by atoms with E-state index in [-0.39, 0.29) is 0 Å². The predicted octanol–water partition coefficient (Wildman–Crippen LogP) is 15.5. The lowest BCUT2D eigenvalue weighted by molar-refractivity contribution is 0.412. The van der Waals surface area contributed by atoms with E-state index in [4.69, 9.17) is 4.98 Å². The van der Waals surface area contributed by atoms with E-state index < -0.39 is 0 Å². The number of unbranched alkanes of at least 4 members (excludes halogenated alkanes) is 27. The molecule has 2 heteroatoms. The van der Waals surface area contributed by atoms with Gasteiger partial charge in [-0.3, -0.25) is 0 Å². The van der Waals surface area contributed by atoms with Crippen LogP contribution in [0.15, 0.2) is 12.4 Å². The molecule has 260 valence electrons. The molecule has 1 heterocycles. The number of rotatable bonds is 35. The van der Waals surface area contributed by atoms with E-state index in [1.54, 1.807) is 0 Å². The first-order chi connectivity index (χ1) is 21.7. The number of nitrogens with zero attached hydrogens (tertiary/aromatic N) is 2. The minimum absolute atomic E-state index is 0.588. The van der Waals surface area contributed by atoms with Gasteiger partial charge in [-0.2, -0.15) is 0 Å². The molecule has 0 aromatic carbocycles. The molecule has 2 nitrogen and oxygen atoms in total. The summed E-state index contributed by atoms with van der Waals surface area (Å²) in [4.78, 5) is 5.02. The van der Waals surface area contributed by atoms with Crippen LogP contribution in [-0.2, 0) is 0 Å². The summed E-state index contributed by atoms with van der Waals surface area (Å²) < 4.78 is 2.58. The molecule has 0 bridgehead atoms. The van der Waals surface area contributed by atoms with Crippen LogP contribution in [0, 0.1) is 0 Å². The Kier molecular flexibility index (Phi) is 30.1. The number of hydrogen-bond acceptors (Lipinski definition) is 1. The highest BCUT2D eigenvalue weighted by atomic mass is 15.1. The maximum absolute atomic E-state index is 5.02. The van der Waals surface area contributed by atoms with Crippen LogP contribution in [0.2, 0.25) is 0 Å². The van der Waals surface area contributed by atoms with Crippen molar-refractivity contribution in [2.75, 3.05) is 0 Å². The van der Waals surface area contributed by atoms with Crippen LogP contribution in [0.3, 0.4) is 0 Å². The Morgan fingerprint density at radius 2 is 0.727 bits per heavy atom. The standard InChI is InChI=1S/C42H82N2/c1-5-8-11-14-17-19-21-22-24-26-28-31-34-37-41(36-33-30-27-25-23-20-18-15-12-9-6-2)42-43-38-39-44(42)40(4)35-32-29-16-13-10-7-3/h38-41H,5-37H2,1-4H3. The molecule has 1 aromatic heterocycles. The van der Waals surface area contributed by atoms with Gasteiger partial charge in [0.25, 0.3) is 0 Å². The summed E-state index contributed by atoms with van der Waals surface area (Å²) in [6.07, 6.45) is 51.2. The van der Waals surface area contributed by atoms with Gasteiger partial charge in [-0.1, -0.05) is 213 Å². The topological polar surface area (TPSA) is 17.8 Å². The van der Waals surface area contributed by atoms with Crippen LogP contribution in [0.1, 0.15) is 257 Å². The van der Waals surface area contributed by atoms with Crippen molar-refractivity contribution in [3.8, 4) is 0 Å². The number of aromatic nitrogens is 2. The van der Waals surface area contributed by atoms with E-state index in [2.05, 4.69) is 44.7 Å². The zero-order valence-electron chi connectivity index (χ0n) is 31.0. The summed E-state index contributed by atoms with van der Waals surface area (Å²) in [5.74, 6) is 2.07. The molecule has 1 rings (SSSR count). The molecule has 0 saturated heterocycles. The van der Waals surface area contributed by atoms with Crippen LogP contribution < -0.4 is 0 Å². The van der Waals surface area contributed by atoms with Gasteiger partial charge in [0.15, 0.2) is 0 Å².